The van der Waals surface area contributed by atoms with E-state index in [0.29, 0.717) is 0 Å². The molecule has 0 saturated heterocycles. The van der Waals surface area contributed by atoms with Crippen LogP contribution < -0.4 is 0 Å². The summed E-state index contributed by atoms with van der Waals surface area (Å²) in [4.78, 5) is 0. The third-order valence-electron chi connectivity index (χ3n) is 0.808. The van der Waals surface area contributed by atoms with Crippen molar-refractivity contribution in [1.82, 2.24) is 0 Å². The molecule has 0 unspecified atom stereocenters. The van der Waals surface area contributed by atoms with E-state index >= 15 is 0 Å². The van der Waals surface area contributed by atoms with E-state index in [4.69, 9.17) is 0 Å². The summed E-state index contributed by atoms with van der Waals surface area (Å²) in [6.45, 7) is 2.25. The van der Waals surface area contributed by atoms with Gasteiger partial charge in [0.1, 0.15) is 0 Å². The summed E-state index contributed by atoms with van der Waals surface area (Å²) in [5.74, 6) is 0. The van der Waals surface area contributed by atoms with Gasteiger partial charge in [-0.2, -0.15) is 0 Å². The van der Waals surface area contributed by atoms with Crippen LogP contribution in [0.15, 0.2) is 0 Å². The molecule has 0 spiro atoms. The maximum atomic E-state index is 2.25. The molecule has 0 radical (unpaired) electrons. The van der Waals surface area contributed by atoms with Crippen molar-refractivity contribution in [3.63, 3.8) is 0 Å². The van der Waals surface area contributed by atoms with Crippen molar-refractivity contribution >= 4 is 25.8 Å². The van der Waals surface area contributed by atoms with Crippen LogP contribution in [-0.4, -0.2) is 25.8 Å². The van der Waals surface area contributed by atoms with Crippen molar-refractivity contribution in [3.8, 4) is 0 Å². The predicted octanol–water partition coefficient (Wildman–Crippen LogP) is 1.76. The van der Waals surface area contributed by atoms with Crippen LogP contribution in [0, 0.1) is 0 Å². The molecule has 0 aromatic heterocycles. The summed E-state index contributed by atoms with van der Waals surface area (Å²) in [6.07, 6.45) is 4.32. The fourth-order valence-corrected chi connectivity index (χ4v) is 1.52. The Morgan fingerprint density at radius 1 is 1.33 bits per heavy atom. The second-order valence-electron chi connectivity index (χ2n) is 1.50. The summed E-state index contributed by atoms with van der Waals surface area (Å²) < 4.78 is 1.52. The van der Waals surface area contributed by atoms with Gasteiger partial charge in [0, 0.05) is 0 Å². The Morgan fingerprint density at radius 3 is 2.17 bits per heavy atom. The molecule has 1 heteroatoms. The van der Waals surface area contributed by atoms with E-state index in [9.17, 15) is 0 Å². The van der Waals surface area contributed by atoms with E-state index in [-0.39, 0.29) is 0 Å². The van der Waals surface area contributed by atoms with E-state index in [2.05, 4.69) is 6.92 Å². The Balaban J connectivity index is 2.34. The molecule has 0 aliphatic heterocycles. The fraction of sp³-hybridized carbons (Fsp3) is 1.00. The van der Waals surface area contributed by atoms with Crippen LogP contribution in [0.5, 0.6) is 0 Å². The van der Waals surface area contributed by atoms with E-state index in [1.807, 2.05) is 0 Å². The topological polar surface area (TPSA) is 0 Å². The Morgan fingerprint density at radius 2 is 2.00 bits per heavy atom. The first kappa shape index (κ1) is 6.92. The first-order valence-corrected chi connectivity index (χ1v) is 5.79. The molecule has 0 bridgehead atoms. The van der Waals surface area contributed by atoms with Gasteiger partial charge in [0.15, 0.2) is 0 Å². The number of hydrogen-bond acceptors (Lipinski definition) is 0. The van der Waals surface area contributed by atoms with Crippen LogP contribution in [-0.2, 0) is 0 Å². The summed E-state index contributed by atoms with van der Waals surface area (Å²) >= 11 is 1.24. The molecule has 0 N–H and O–H groups in total. The van der Waals surface area contributed by atoms with Crippen molar-refractivity contribution in [2.45, 2.75) is 30.2 Å². The first-order valence-electron chi connectivity index (χ1n) is 2.62. The van der Waals surface area contributed by atoms with Gasteiger partial charge in [-0.15, -0.1) is 0 Å². The van der Waals surface area contributed by atoms with Crippen LogP contribution in [0.25, 0.3) is 0 Å². The Kier molecular flexibility index (Phi) is 6.83. The van der Waals surface area contributed by atoms with Gasteiger partial charge in [0.05, 0.1) is 0 Å². The van der Waals surface area contributed by atoms with Gasteiger partial charge >= 0.3 is 55.9 Å². The molecule has 0 amide bonds. The summed E-state index contributed by atoms with van der Waals surface area (Å²) in [5.41, 5.74) is 0. The number of hydrogen-bond donors (Lipinski definition) is 0. The minimum absolute atomic E-state index is 1.24. The second-order valence-corrected chi connectivity index (χ2v) is 3.74. The third kappa shape index (κ3) is 4.92. The summed E-state index contributed by atoms with van der Waals surface area (Å²) in [6, 6.07) is 0. The monoisotopic (exact) mass is 276 g/mol. The molecule has 6 heavy (non-hydrogen) atoms. The van der Waals surface area contributed by atoms with Crippen LogP contribution in [0.3, 0.4) is 0 Å². The quantitative estimate of drug-likeness (QED) is 0.544. The Bertz CT molecular complexity index is 15.9. The minimum atomic E-state index is 1.24. The van der Waals surface area contributed by atoms with Gasteiger partial charge < -0.3 is 0 Å². The van der Waals surface area contributed by atoms with Crippen molar-refractivity contribution in [2.24, 2.45) is 0 Å². The third-order valence-corrected chi connectivity index (χ3v) is 2.39. The van der Waals surface area contributed by atoms with Crippen LogP contribution in [0.4, 0.5) is 0 Å². The molecule has 0 aromatic rings. The van der Waals surface area contributed by atoms with Crippen LogP contribution >= 0.6 is 0 Å². The SMILES string of the molecule is CCCC[CH2][Tl]. The average molecular weight is 276 g/mol. The molecule has 0 aliphatic carbocycles. The summed E-state index contributed by atoms with van der Waals surface area (Å²) in [7, 11) is 0. The van der Waals surface area contributed by atoms with Gasteiger partial charge in [-0.05, 0) is 0 Å². The molecule has 0 nitrogen and oxygen atoms in total. The fourth-order valence-electron chi connectivity index (χ4n) is 0.394. The van der Waals surface area contributed by atoms with Crippen molar-refractivity contribution in [3.05, 3.63) is 0 Å². The van der Waals surface area contributed by atoms with Crippen molar-refractivity contribution in [1.29, 1.82) is 0 Å². The Labute approximate surface area is 56.0 Å². The van der Waals surface area contributed by atoms with Crippen molar-refractivity contribution < 1.29 is 0 Å². The van der Waals surface area contributed by atoms with Gasteiger partial charge in [0.25, 0.3) is 0 Å². The molecule has 0 fully saturated rings. The molecule has 0 atom stereocenters. The van der Waals surface area contributed by atoms with E-state index in [0.717, 1.165) is 0 Å². The van der Waals surface area contributed by atoms with Crippen LogP contribution in [0.1, 0.15) is 26.2 Å². The zero-order valence-corrected chi connectivity index (χ0v) is 8.89. The molecular weight excluding hydrogens is 264 g/mol. The zero-order valence-electron chi connectivity index (χ0n) is 4.41. The molecule has 0 heterocycles. The molecule has 34 valence electrons. The number of unbranched alkanes of at least 4 members (excludes halogenated alkanes) is 2. The van der Waals surface area contributed by atoms with Gasteiger partial charge in [-0.25, -0.2) is 0 Å². The first-order chi connectivity index (χ1) is 2.91. The average Bonchev–Trinajstić information content (AvgIpc) is 1.61. The standard InChI is InChI=1S/C5H11.Tl/c1-3-5-4-2;/h1,3-5H2,2H3;. The maximum absolute atomic E-state index is 2.25. The number of rotatable bonds is 3. The molecular formula is C5H11Tl. The van der Waals surface area contributed by atoms with E-state index in [1.54, 1.807) is 0 Å². The van der Waals surface area contributed by atoms with Gasteiger partial charge in [-0.3, -0.25) is 0 Å². The molecule has 0 aliphatic rings. The van der Waals surface area contributed by atoms with E-state index in [1.165, 1.54) is 49.0 Å². The zero-order chi connectivity index (χ0) is 4.83. The van der Waals surface area contributed by atoms with Gasteiger partial charge in [-0.1, -0.05) is 0 Å². The molecule has 0 aromatic carbocycles. The Hall–Kier alpha value is 0.922. The normalized spacial score (nSPS) is 8.67. The second kappa shape index (κ2) is 5.92. The van der Waals surface area contributed by atoms with Crippen LogP contribution in [0.2, 0.25) is 3.98 Å². The summed E-state index contributed by atoms with van der Waals surface area (Å²) in [5, 5.41) is 0. The van der Waals surface area contributed by atoms with Gasteiger partial charge in [0.2, 0.25) is 0 Å². The molecule has 0 rings (SSSR count). The van der Waals surface area contributed by atoms with E-state index < -0.39 is 0 Å². The predicted molar refractivity (Wildman–Crippen MR) is 30.1 cm³/mol. The molecule has 0 saturated carbocycles. The van der Waals surface area contributed by atoms with Crippen molar-refractivity contribution in [2.75, 3.05) is 0 Å².